The second-order valence-electron chi connectivity index (χ2n) is 4.31. The molecule has 0 aliphatic rings. The van der Waals surface area contributed by atoms with Crippen molar-refractivity contribution >= 4 is 11.9 Å². The van der Waals surface area contributed by atoms with Gasteiger partial charge in [-0.2, -0.15) is 5.10 Å². The molecule has 6 nitrogen and oxygen atoms in total. The zero-order valence-electron chi connectivity index (χ0n) is 11.0. The molecule has 104 valence electrons. The quantitative estimate of drug-likeness (QED) is 0.862. The number of benzene rings is 1. The Balaban J connectivity index is 2.11. The number of carboxylic acids is 1. The van der Waals surface area contributed by atoms with Gasteiger partial charge < -0.3 is 10.4 Å². The highest BCUT2D eigenvalue weighted by atomic mass is 16.4. The third-order valence-corrected chi connectivity index (χ3v) is 2.79. The van der Waals surface area contributed by atoms with Gasteiger partial charge in [0, 0.05) is 12.7 Å². The van der Waals surface area contributed by atoms with Crippen molar-refractivity contribution in [2.24, 2.45) is 0 Å². The number of nitrogens with zero attached hydrogens (tertiary/aromatic N) is 2. The lowest BCUT2D eigenvalue weighted by molar-refractivity contribution is -0.136. The molecule has 1 aromatic carbocycles. The first-order valence-electron chi connectivity index (χ1n) is 6.19. The molecule has 2 N–H and O–H groups in total. The summed E-state index contributed by atoms with van der Waals surface area (Å²) in [5.41, 5.74) is 1.90. The molecule has 0 fully saturated rings. The highest BCUT2D eigenvalue weighted by Gasteiger charge is 2.13. The number of carbonyl (C=O) groups is 2. The van der Waals surface area contributed by atoms with Crippen LogP contribution in [-0.2, 0) is 4.79 Å². The molecule has 0 unspecified atom stereocenters. The lowest BCUT2D eigenvalue weighted by Gasteiger charge is -2.01. The smallest absolute Gasteiger partial charge is 0.305 e. The molecule has 2 rings (SSSR count). The average molecular weight is 273 g/mol. The summed E-state index contributed by atoms with van der Waals surface area (Å²) in [5, 5.41) is 15.4. The van der Waals surface area contributed by atoms with Crippen molar-refractivity contribution in [2.75, 3.05) is 6.54 Å². The first kappa shape index (κ1) is 13.8. The Labute approximate surface area is 116 Å². The van der Waals surface area contributed by atoms with Crippen LogP contribution in [0, 0.1) is 6.92 Å². The standard InChI is InChI=1S/C14H15N3O3/c1-10-12(14(20)15-8-7-13(18)19)9-17(16-10)11-5-3-2-4-6-11/h2-6,9H,7-8H2,1H3,(H,15,20)(H,18,19). The van der Waals surface area contributed by atoms with Crippen LogP contribution in [0.4, 0.5) is 0 Å². The highest BCUT2D eigenvalue weighted by molar-refractivity contribution is 5.95. The summed E-state index contributed by atoms with van der Waals surface area (Å²) in [4.78, 5) is 22.3. The van der Waals surface area contributed by atoms with Crippen LogP contribution in [-0.4, -0.2) is 33.3 Å². The van der Waals surface area contributed by atoms with E-state index >= 15 is 0 Å². The summed E-state index contributed by atoms with van der Waals surface area (Å²) in [6, 6.07) is 9.45. The van der Waals surface area contributed by atoms with Crippen LogP contribution in [0.3, 0.4) is 0 Å². The van der Waals surface area contributed by atoms with E-state index in [1.165, 1.54) is 0 Å². The molecule has 0 bridgehead atoms. The van der Waals surface area contributed by atoms with Crippen molar-refractivity contribution in [3.05, 3.63) is 47.8 Å². The maximum atomic E-state index is 11.9. The van der Waals surface area contributed by atoms with Gasteiger partial charge in [-0.15, -0.1) is 0 Å². The summed E-state index contributed by atoms with van der Waals surface area (Å²) >= 11 is 0. The molecule has 6 heteroatoms. The van der Waals surface area contributed by atoms with Gasteiger partial charge in [0.15, 0.2) is 0 Å². The van der Waals surface area contributed by atoms with E-state index in [0.717, 1.165) is 5.69 Å². The fourth-order valence-electron chi connectivity index (χ4n) is 1.77. The number of amides is 1. The van der Waals surface area contributed by atoms with Crippen molar-refractivity contribution in [3.63, 3.8) is 0 Å². The summed E-state index contributed by atoms with van der Waals surface area (Å²) in [7, 11) is 0. The van der Waals surface area contributed by atoms with E-state index in [1.54, 1.807) is 17.8 Å². The Hall–Kier alpha value is -2.63. The third-order valence-electron chi connectivity index (χ3n) is 2.79. The van der Waals surface area contributed by atoms with Crippen molar-refractivity contribution in [2.45, 2.75) is 13.3 Å². The SMILES string of the molecule is Cc1nn(-c2ccccc2)cc1C(=O)NCCC(=O)O. The number of hydrogen-bond acceptors (Lipinski definition) is 3. The lowest BCUT2D eigenvalue weighted by atomic mass is 10.2. The third kappa shape index (κ3) is 3.23. The van der Waals surface area contributed by atoms with E-state index in [-0.39, 0.29) is 18.9 Å². The Morgan fingerprint density at radius 3 is 2.65 bits per heavy atom. The molecular weight excluding hydrogens is 258 g/mol. The number of hydrogen-bond donors (Lipinski definition) is 2. The minimum atomic E-state index is -0.943. The van der Waals surface area contributed by atoms with Crippen LogP contribution in [0.25, 0.3) is 5.69 Å². The number of rotatable bonds is 5. The fraction of sp³-hybridized carbons (Fsp3) is 0.214. The van der Waals surface area contributed by atoms with Gasteiger partial charge in [-0.25, -0.2) is 4.68 Å². The van der Waals surface area contributed by atoms with E-state index in [0.29, 0.717) is 11.3 Å². The first-order chi connectivity index (χ1) is 9.58. The van der Waals surface area contributed by atoms with E-state index in [4.69, 9.17) is 5.11 Å². The molecule has 0 radical (unpaired) electrons. The van der Waals surface area contributed by atoms with Gasteiger partial charge in [-0.05, 0) is 19.1 Å². The zero-order valence-corrected chi connectivity index (χ0v) is 11.0. The number of para-hydroxylation sites is 1. The maximum Gasteiger partial charge on any atom is 0.305 e. The number of carboxylic acid groups (broad SMARTS) is 1. The van der Waals surface area contributed by atoms with Gasteiger partial charge in [0.25, 0.3) is 5.91 Å². The van der Waals surface area contributed by atoms with Crippen LogP contribution in [0.5, 0.6) is 0 Å². The normalized spacial score (nSPS) is 10.2. The molecule has 1 amide bonds. The van der Waals surface area contributed by atoms with Gasteiger partial charge >= 0.3 is 5.97 Å². The zero-order chi connectivity index (χ0) is 14.5. The molecule has 1 aromatic heterocycles. The molecule has 20 heavy (non-hydrogen) atoms. The van der Waals surface area contributed by atoms with Crippen molar-refractivity contribution in [1.82, 2.24) is 15.1 Å². The van der Waals surface area contributed by atoms with Crippen molar-refractivity contribution < 1.29 is 14.7 Å². The maximum absolute atomic E-state index is 11.9. The number of carbonyl (C=O) groups excluding carboxylic acids is 1. The van der Waals surface area contributed by atoms with E-state index in [9.17, 15) is 9.59 Å². The molecule has 0 spiro atoms. The van der Waals surface area contributed by atoms with E-state index in [1.807, 2.05) is 30.3 Å². The summed E-state index contributed by atoms with van der Waals surface area (Å²) in [6.07, 6.45) is 1.54. The molecule has 0 saturated heterocycles. The first-order valence-corrected chi connectivity index (χ1v) is 6.19. The van der Waals surface area contributed by atoms with Crippen LogP contribution in [0.15, 0.2) is 36.5 Å². The average Bonchev–Trinajstić information content (AvgIpc) is 2.81. The van der Waals surface area contributed by atoms with E-state index in [2.05, 4.69) is 10.4 Å². The predicted octanol–water partition coefficient (Wildman–Crippen LogP) is 1.39. The number of nitrogens with one attached hydrogen (secondary N) is 1. The van der Waals surface area contributed by atoms with Gasteiger partial charge in [0.05, 0.1) is 23.4 Å². The van der Waals surface area contributed by atoms with E-state index < -0.39 is 5.97 Å². The molecule has 1 heterocycles. The van der Waals surface area contributed by atoms with Crippen LogP contribution in [0.2, 0.25) is 0 Å². The Morgan fingerprint density at radius 1 is 1.30 bits per heavy atom. The molecule has 2 aromatic rings. The predicted molar refractivity (Wildman–Crippen MR) is 72.9 cm³/mol. The minimum Gasteiger partial charge on any atom is -0.481 e. The molecular formula is C14H15N3O3. The van der Waals surface area contributed by atoms with Crippen LogP contribution < -0.4 is 5.32 Å². The monoisotopic (exact) mass is 273 g/mol. The summed E-state index contributed by atoms with van der Waals surface area (Å²) < 4.78 is 1.63. The van der Waals surface area contributed by atoms with Crippen LogP contribution >= 0.6 is 0 Å². The second-order valence-corrected chi connectivity index (χ2v) is 4.31. The van der Waals surface area contributed by atoms with Crippen molar-refractivity contribution in [3.8, 4) is 5.69 Å². The minimum absolute atomic E-state index is 0.0996. The van der Waals surface area contributed by atoms with Crippen molar-refractivity contribution in [1.29, 1.82) is 0 Å². The lowest BCUT2D eigenvalue weighted by Crippen LogP contribution is -2.26. The number of aromatic nitrogens is 2. The van der Waals surface area contributed by atoms with Gasteiger partial charge in [0.1, 0.15) is 0 Å². The number of aliphatic carboxylic acids is 1. The van der Waals surface area contributed by atoms with Gasteiger partial charge in [-0.1, -0.05) is 18.2 Å². The number of aryl methyl sites for hydroxylation is 1. The summed E-state index contributed by atoms with van der Waals surface area (Å²) in [6.45, 7) is 1.84. The largest absolute Gasteiger partial charge is 0.481 e. The Bertz CT molecular complexity index is 620. The Morgan fingerprint density at radius 2 is 2.00 bits per heavy atom. The molecule has 0 atom stereocenters. The second kappa shape index (κ2) is 6.01. The summed E-state index contributed by atoms with van der Waals surface area (Å²) in [5.74, 6) is -1.26. The highest BCUT2D eigenvalue weighted by Crippen LogP contribution is 2.11. The Kier molecular flexibility index (Phi) is 4.14. The molecule has 0 saturated carbocycles. The van der Waals surface area contributed by atoms with Gasteiger partial charge in [-0.3, -0.25) is 9.59 Å². The van der Waals surface area contributed by atoms with Gasteiger partial charge in [0.2, 0.25) is 0 Å². The molecule has 0 aliphatic heterocycles. The molecule has 0 aliphatic carbocycles. The fourth-order valence-corrected chi connectivity index (χ4v) is 1.77. The van der Waals surface area contributed by atoms with Crippen LogP contribution in [0.1, 0.15) is 22.5 Å². The topological polar surface area (TPSA) is 84.2 Å².